The van der Waals surface area contributed by atoms with Crippen LogP contribution in [0.15, 0.2) is 53.5 Å². The van der Waals surface area contributed by atoms with Crippen LogP contribution in [0.25, 0.3) is 16.9 Å². The molecule has 3 rings (SSSR count). The molecule has 0 saturated heterocycles. The van der Waals surface area contributed by atoms with E-state index in [1.807, 2.05) is 43.3 Å². The highest BCUT2D eigenvalue weighted by Crippen LogP contribution is 2.31. The highest BCUT2D eigenvalue weighted by atomic mass is 16.1. The van der Waals surface area contributed by atoms with Gasteiger partial charge < -0.3 is 10.6 Å². The molecular weight excluding hydrogens is 340 g/mol. The van der Waals surface area contributed by atoms with Gasteiger partial charge in [0, 0.05) is 31.5 Å². The maximum Gasteiger partial charge on any atom is 0.276 e. The summed E-state index contributed by atoms with van der Waals surface area (Å²) in [5.74, 6) is 0.203. The highest BCUT2D eigenvalue weighted by Gasteiger charge is 2.22. The number of hydrogen-bond donors (Lipinski definition) is 1. The van der Waals surface area contributed by atoms with E-state index >= 15 is 0 Å². The lowest BCUT2D eigenvalue weighted by atomic mass is 9.96. The van der Waals surface area contributed by atoms with Crippen molar-refractivity contribution in [2.75, 3.05) is 24.7 Å². The lowest BCUT2D eigenvalue weighted by Gasteiger charge is -2.16. The topological polar surface area (TPSA) is 112 Å². The van der Waals surface area contributed by atoms with Crippen molar-refractivity contribution in [2.24, 2.45) is 0 Å². The first-order valence-electron chi connectivity index (χ1n) is 8.07. The van der Waals surface area contributed by atoms with Gasteiger partial charge in [0.15, 0.2) is 0 Å². The van der Waals surface area contributed by atoms with Gasteiger partial charge in [0.25, 0.3) is 5.56 Å². The molecule has 27 heavy (non-hydrogen) atoms. The first kappa shape index (κ1) is 17.7. The van der Waals surface area contributed by atoms with Crippen LogP contribution in [0.4, 0.5) is 11.5 Å². The second-order valence-electron chi connectivity index (χ2n) is 6.00. The van der Waals surface area contributed by atoms with Gasteiger partial charge in [0.1, 0.15) is 34.9 Å². The third-order valence-corrected chi connectivity index (χ3v) is 4.19. The van der Waals surface area contributed by atoms with Gasteiger partial charge in [0.2, 0.25) is 0 Å². The number of benzene rings is 1. The molecule has 0 aliphatic heterocycles. The van der Waals surface area contributed by atoms with Gasteiger partial charge in [-0.1, -0.05) is 18.2 Å². The van der Waals surface area contributed by atoms with Crippen LogP contribution in [-0.4, -0.2) is 23.6 Å². The summed E-state index contributed by atoms with van der Waals surface area (Å²) < 4.78 is 1.09. The summed E-state index contributed by atoms with van der Waals surface area (Å²) in [5.41, 5.74) is 7.21. The van der Waals surface area contributed by atoms with E-state index in [9.17, 15) is 15.3 Å². The normalized spacial score (nSPS) is 10.1. The highest BCUT2D eigenvalue weighted by molar-refractivity contribution is 5.81. The van der Waals surface area contributed by atoms with Crippen LogP contribution in [0, 0.1) is 22.7 Å². The Morgan fingerprint density at radius 3 is 2.22 bits per heavy atom. The molecule has 0 bridgehead atoms. The summed E-state index contributed by atoms with van der Waals surface area (Å²) in [6, 6.07) is 16.2. The van der Waals surface area contributed by atoms with Gasteiger partial charge in [-0.2, -0.15) is 10.5 Å². The van der Waals surface area contributed by atoms with Gasteiger partial charge >= 0.3 is 0 Å². The molecule has 0 spiro atoms. The fourth-order valence-corrected chi connectivity index (χ4v) is 2.84. The lowest BCUT2D eigenvalue weighted by Crippen LogP contribution is -2.26. The van der Waals surface area contributed by atoms with E-state index in [-0.39, 0.29) is 28.3 Å². The molecule has 0 atom stereocenters. The van der Waals surface area contributed by atoms with Gasteiger partial charge in [-0.25, -0.2) is 9.55 Å². The number of rotatable bonds is 3. The molecular formula is C20H16N6O. The molecule has 2 N–H and O–H groups in total. The molecule has 3 aromatic rings. The fraction of sp³-hybridized carbons (Fsp3) is 0.100. The molecule has 0 fully saturated rings. The molecule has 2 aromatic heterocycles. The quantitative estimate of drug-likeness (QED) is 0.770. The zero-order chi connectivity index (χ0) is 19.6. The average molecular weight is 356 g/mol. The smallest absolute Gasteiger partial charge is 0.276 e. The summed E-state index contributed by atoms with van der Waals surface area (Å²) in [7, 11) is 3.81. The fourth-order valence-electron chi connectivity index (χ4n) is 2.84. The van der Waals surface area contributed by atoms with Crippen LogP contribution in [0.2, 0.25) is 0 Å². The van der Waals surface area contributed by atoms with Gasteiger partial charge in [-0.3, -0.25) is 4.79 Å². The number of aromatic nitrogens is 2. The minimum Gasteiger partial charge on any atom is -0.384 e. The molecule has 0 aliphatic rings. The molecule has 2 heterocycles. The molecule has 0 amide bonds. The van der Waals surface area contributed by atoms with Crippen LogP contribution in [0.3, 0.4) is 0 Å². The Labute approximate surface area is 156 Å². The van der Waals surface area contributed by atoms with Gasteiger partial charge in [0.05, 0.1) is 0 Å². The Morgan fingerprint density at radius 1 is 1.04 bits per heavy atom. The first-order chi connectivity index (χ1) is 13.0. The Bertz CT molecular complexity index is 1130. The maximum absolute atomic E-state index is 13.0. The predicted molar refractivity (Wildman–Crippen MR) is 103 cm³/mol. The summed E-state index contributed by atoms with van der Waals surface area (Å²) in [6.45, 7) is 0. The summed E-state index contributed by atoms with van der Waals surface area (Å²) in [4.78, 5) is 19.0. The Morgan fingerprint density at radius 2 is 1.70 bits per heavy atom. The van der Waals surface area contributed by atoms with E-state index in [1.54, 1.807) is 30.3 Å². The van der Waals surface area contributed by atoms with Crippen molar-refractivity contribution in [1.29, 1.82) is 10.5 Å². The van der Waals surface area contributed by atoms with Crippen molar-refractivity contribution < 1.29 is 0 Å². The van der Waals surface area contributed by atoms with E-state index in [2.05, 4.69) is 4.98 Å². The van der Waals surface area contributed by atoms with Crippen LogP contribution in [0.1, 0.15) is 11.1 Å². The van der Waals surface area contributed by atoms with Crippen molar-refractivity contribution in [3.8, 4) is 29.1 Å². The van der Waals surface area contributed by atoms with Crippen molar-refractivity contribution in [1.82, 2.24) is 9.55 Å². The number of hydrogen-bond acceptors (Lipinski definition) is 6. The van der Waals surface area contributed by atoms with Crippen molar-refractivity contribution in [2.45, 2.75) is 0 Å². The summed E-state index contributed by atoms with van der Waals surface area (Å²) in [6.07, 6.45) is 1.51. The van der Waals surface area contributed by atoms with E-state index < -0.39 is 5.56 Å². The minimum absolute atomic E-state index is 0.0492. The molecule has 132 valence electrons. The second-order valence-corrected chi connectivity index (χ2v) is 6.00. The van der Waals surface area contributed by atoms with Crippen molar-refractivity contribution >= 4 is 11.5 Å². The van der Waals surface area contributed by atoms with Crippen LogP contribution >= 0.6 is 0 Å². The predicted octanol–water partition coefficient (Wildman–Crippen LogP) is 2.29. The van der Waals surface area contributed by atoms with Gasteiger partial charge in [-0.15, -0.1) is 0 Å². The van der Waals surface area contributed by atoms with Crippen LogP contribution in [-0.2, 0) is 0 Å². The first-order valence-corrected chi connectivity index (χ1v) is 8.07. The molecule has 0 unspecified atom stereocenters. The third kappa shape index (κ3) is 2.99. The Balaban J connectivity index is 2.35. The largest absolute Gasteiger partial charge is 0.384 e. The van der Waals surface area contributed by atoms with Crippen molar-refractivity contribution in [3.05, 3.63) is 70.1 Å². The summed E-state index contributed by atoms with van der Waals surface area (Å²) in [5, 5.41) is 19.3. The van der Waals surface area contributed by atoms with E-state index in [0.717, 1.165) is 10.3 Å². The minimum atomic E-state index is -0.612. The molecule has 0 radical (unpaired) electrons. The SMILES string of the molecule is CN(C)c1ccc(-c2c(C#N)c(N)n(-c3ccccn3)c(=O)c2C#N)cc1. The summed E-state index contributed by atoms with van der Waals surface area (Å²) >= 11 is 0. The Kier molecular flexibility index (Phi) is 4.61. The van der Waals surface area contributed by atoms with E-state index in [0.29, 0.717) is 5.56 Å². The van der Waals surface area contributed by atoms with Crippen molar-refractivity contribution in [3.63, 3.8) is 0 Å². The zero-order valence-electron chi connectivity index (χ0n) is 14.8. The molecule has 7 heteroatoms. The zero-order valence-corrected chi connectivity index (χ0v) is 14.8. The number of nitrogens with two attached hydrogens (primary N) is 1. The average Bonchev–Trinajstić information content (AvgIpc) is 2.68. The Hall–Kier alpha value is -4.10. The van der Waals surface area contributed by atoms with Crippen LogP contribution in [0.5, 0.6) is 0 Å². The van der Waals surface area contributed by atoms with Crippen LogP contribution < -0.4 is 16.2 Å². The number of nitrogens with zero attached hydrogens (tertiary/aromatic N) is 5. The molecule has 7 nitrogen and oxygen atoms in total. The standard InChI is InChI=1S/C20H16N6O/c1-25(2)14-8-6-13(7-9-14)18-15(11-21)19(23)26(20(27)16(18)12-22)17-5-3-4-10-24-17/h3-10H,23H2,1-2H3. The van der Waals surface area contributed by atoms with E-state index in [1.165, 1.54) is 6.20 Å². The maximum atomic E-state index is 13.0. The lowest BCUT2D eigenvalue weighted by molar-refractivity contribution is 0.945. The number of anilines is 2. The molecule has 0 saturated carbocycles. The number of pyridine rings is 2. The second kappa shape index (κ2) is 7.03. The molecule has 0 aliphatic carbocycles. The van der Waals surface area contributed by atoms with E-state index in [4.69, 9.17) is 5.73 Å². The monoisotopic (exact) mass is 356 g/mol. The molecule has 1 aromatic carbocycles. The number of nitrogen functional groups attached to an aromatic ring is 1. The number of nitriles is 2. The third-order valence-electron chi connectivity index (χ3n) is 4.19. The van der Waals surface area contributed by atoms with Gasteiger partial charge in [-0.05, 0) is 29.8 Å².